The molecule has 3 aromatic carbocycles. The summed E-state index contributed by atoms with van der Waals surface area (Å²) in [6, 6.07) is 26.9. The van der Waals surface area contributed by atoms with Gasteiger partial charge < -0.3 is 10.6 Å². The number of nitrogen functional groups attached to an aromatic ring is 1. The number of anilines is 2. The SMILES string of the molecule is CN(C(=O)c1cccc(-n2ncc(C#N)c2N)c1)c1ccc(-c2ccccc2)cc1. The number of hydrogen-bond donors (Lipinski definition) is 1. The van der Waals surface area contributed by atoms with Gasteiger partial charge in [-0.25, -0.2) is 4.68 Å². The summed E-state index contributed by atoms with van der Waals surface area (Å²) in [4.78, 5) is 14.6. The van der Waals surface area contributed by atoms with Crippen LogP contribution in [-0.4, -0.2) is 22.7 Å². The third kappa shape index (κ3) is 3.52. The van der Waals surface area contributed by atoms with Gasteiger partial charge in [0.25, 0.3) is 5.91 Å². The highest BCUT2D eigenvalue weighted by Gasteiger charge is 2.16. The van der Waals surface area contributed by atoms with E-state index in [2.05, 4.69) is 5.10 Å². The molecule has 1 heterocycles. The summed E-state index contributed by atoms with van der Waals surface area (Å²) in [6.45, 7) is 0. The molecule has 30 heavy (non-hydrogen) atoms. The van der Waals surface area contributed by atoms with Crippen LogP contribution in [0.5, 0.6) is 0 Å². The molecule has 0 saturated carbocycles. The van der Waals surface area contributed by atoms with Crippen molar-refractivity contribution >= 4 is 17.4 Å². The molecule has 0 fully saturated rings. The zero-order chi connectivity index (χ0) is 21.1. The van der Waals surface area contributed by atoms with Crippen LogP contribution in [0.1, 0.15) is 15.9 Å². The Morgan fingerprint density at radius 2 is 1.70 bits per heavy atom. The van der Waals surface area contributed by atoms with Crippen molar-refractivity contribution in [2.75, 3.05) is 17.7 Å². The monoisotopic (exact) mass is 393 g/mol. The maximum atomic E-state index is 13.0. The van der Waals surface area contributed by atoms with Crippen LogP contribution in [0.25, 0.3) is 16.8 Å². The minimum atomic E-state index is -0.157. The first-order valence-electron chi connectivity index (χ1n) is 9.36. The summed E-state index contributed by atoms with van der Waals surface area (Å²) in [5, 5.41) is 13.2. The van der Waals surface area contributed by atoms with E-state index in [0.717, 1.165) is 16.8 Å². The summed E-state index contributed by atoms with van der Waals surface area (Å²) in [7, 11) is 1.74. The molecular weight excluding hydrogens is 374 g/mol. The highest BCUT2D eigenvalue weighted by molar-refractivity contribution is 6.06. The molecule has 0 aliphatic carbocycles. The molecule has 0 bridgehead atoms. The van der Waals surface area contributed by atoms with Gasteiger partial charge in [0.15, 0.2) is 0 Å². The van der Waals surface area contributed by atoms with E-state index in [0.29, 0.717) is 16.8 Å². The molecule has 6 heteroatoms. The quantitative estimate of drug-likeness (QED) is 0.561. The first-order chi connectivity index (χ1) is 14.6. The molecule has 0 saturated heterocycles. The summed E-state index contributed by atoms with van der Waals surface area (Å²) in [6.07, 6.45) is 1.41. The van der Waals surface area contributed by atoms with Crippen LogP contribution in [0.4, 0.5) is 11.5 Å². The lowest BCUT2D eigenvalue weighted by molar-refractivity contribution is 0.0993. The molecule has 0 unspecified atom stereocenters. The normalized spacial score (nSPS) is 10.4. The second-order valence-electron chi connectivity index (χ2n) is 6.79. The number of aromatic nitrogens is 2. The molecule has 1 amide bonds. The maximum Gasteiger partial charge on any atom is 0.258 e. The lowest BCUT2D eigenvalue weighted by Gasteiger charge is -2.18. The molecule has 146 valence electrons. The largest absolute Gasteiger partial charge is 0.382 e. The molecule has 4 aromatic rings. The van der Waals surface area contributed by atoms with Gasteiger partial charge in [0.1, 0.15) is 17.5 Å². The van der Waals surface area contributed by atoms with Crippen LogP contribution >= 0.6 is 0 Å². The fraction of sp³-hybridized carbons (Fsp3) is 0.0417. The number of hydrogen-bond acceptors (Lipinski definition) is 4. The minimum Gasteiger partial charge on any atom is -0.382 e. The third-order valence-corrected chi connectivity index (χ3v) is 4.93. The van der Waals surface area contributed by atoms with E-state index < -0.39 is 0 Å². The van der Waals surface area contributed by atoms with Gasteiger partial charge in [0.2, 0.25) is 0 Å². The Morgan fingerprint density at radius 3 is 2.37 bits per heavy atom. The lowest BCUT2D eigenvalue weighted by atomic mass is 10.1. The van der Waals surface area contributed by atoms with Crippen LogP contribution in [0, 0.1) is 11.3 Å². The van der Waals surface area contributed by atoms with E-state index in [-0.39, 0.29) is 11.7 Å². The Bertz CT molecular complexity index is 1240. The number of nitriles is 1. The van der Waals surface area contributed by atoms with E-state index in [4.69, 9.17) is 11.0 Å². The van der Waals surface area contributed by atoms with Crippen LogP contribution in [0.15, 0.2) is 85.1 Å². The maximum absolute atomic E-state index is 13.0. The highest BCUT2D eigenvalue weighted by atomic mass is 16.2. The van der Waals surface area contributed by atoms with Gasteiger partial charge in [-0.3, -0.25) is 4.79 Å². The summed E-state index contributed by atoms with van der Waals surface area (Å²) in [5.74, 6) is 0.0856. The Morgan fingerprint density at radius 1 is 1.00 bits per heavy atom. The Balaban J connectivity index is 1.58. The number of nitrogens with zero attached hydrogens (tertiary/aromatic N) is 4. The van der Waals surface area contributed by atoms with Gasteiger partial charge in [-0.1, -0.05) is 48.5 Å². The van der Waals surface area contributed by atoms with Crippen LogP contribution in [-0.2, 0) is 0 Å². The Labute approximate surface area is 174 Å². The van der Waals surface area contributed by atoms with Crippen LogP contribution < -0.4 is 10.6 Å². The van der Waals surface area contributed by atoms with Crippen molar-refractivity contribution in [2.45, 2.75) is 0 Å². The summed E-state index contributed by atoms with van der Waals surface area (Å²) >= 11 is 0. The van der Waals surface area contributed by atoms with Gasteiger partial charge >= 0.3 is 0 Å². The predicted molar refractivity (Wildman–Crippen MR) is 117 cm³/mol. The van der Waals surface area contributed by atoms with Gasteiger partial charge in [0.05, 0.1) is 11.9 Å². The number of nitrogens with two attached hydrogens (primary N) is 1. The number of carbonyl (C=O) groups excluding carboxylic acids is 1. The Kier molecular flexibility index (Phi) is 5.02. The molecule has 0 radical (unpaired) electrons. The van der Waals surface area contributed by atoms with Gasteiger partial charge in [-0.15, -0.1) is 0 Å². The zero-order valence-corrected chi connectivity index (χ0v) is 16.4. The molecular formula is C24H19N5O. The minimum absolute atomic E-state index is 0.157. The van der Waals surface area contributed by atoms with Crippen molar-refractivity contribution in [2.24, 2.45) is 0 Å². The lowest BCUT2D eigenvalue weighted by Crippen LogP contribution is -2.26. The highest BCUT2D eigenvalue weighted by Crippen LogP contribution is 2.24. The average molecular weight is 393 g/mol. The molecule has 0 aliphatic rings. The Hall–Kier alpha value is -4.37. The molecule has 0 aliphatic heterocycles. The van der Waals surface area contributed by atoms with Gasteiger partial charge in [-0.2, -0.15) is 10.4 Å². The first kappa shape index (κ1) is 19.0. The molecule has 2 N–H and O–H groups in total. The third-order valence-electron chi connectivity index (χ3n) is 4.93. The molecule has 6 nitrogen and oxygen atoms in total. The van der Waals surface area contributed by atoms with E-state index in [1.54, 1.807) is 36.2 Å². The van der Waals surface area contributed by atoms with Gasteiger partial charge in [-0.05, 0) is 41.5 Å². The fourth-order valence-electron chi connectivity index (χ4n) is 3.24. The van der Waals surface area contributed by atoms with E-state index in [9.17, 15) is 4.79 Å². The molecule has 0 atom stereocenters. The molecule has 4 rings (SSSR count). The van der Waals surface area contributed by atoms with Crippen molar-refractivity contribution in [3.05, 3.63) is 96.2 Å². The predicted octanol–water partition coefficient (Wildman–Crippen LogP) is 4.27. The average Bonchev–Trinajstić information content (AvgIpc) is 3.19. The van der Waals surface area contributed by atoms with Crippen molar-refractivity contribution in [3.8, 4) is 22.9 Å². The van der Waals surface area contributed by atoms with Crippen LogP contribution in [0.2, 0.25) is 0 Å². The van der Waals surface area contributed by atoms with E-state index in [1.807, 2.05) is 60.7 Å². The number of rotatable bonds is 4. The van der Waals surface area contributed by atoms with Crippen molar-refractivity contribution in [3.63, 3.8) is 0 Å². The number of amides is 1. The zero-order valence-electron chi connectivity index (χ0n) is 16.4. The van der Waals surface area contributed by atoms with Crippen molar-refractivity contribution in [1.29, 1.82) is 5.26 Å². The van der Waals surface area contributed by atoms with E-state index in [1.165, 1.54) is 10.9 Å². The number of benzene rings is 3. The second-order valence-corrected chi connectivity index (χ2v) is 6.79. The number of carbonyl (C=O) groups is 1. The molecule has 1 aromatic heterocycles. The van der Waals surface area contributed by atoms with Gasteiger partial charge in [0, 0.05) is 18.3 Å². The van der Waals surface area contributed by atoms with Crippen molar-refractivity contribution in [1.82, 2.24) is 9.78 Å². The first-order valence-corrected chi connectivity index (χ1v) is 9.36. The topological polar surface area (TPSA) is 87.9 Å². The van der Waals surface area contributed by atoms with E-state index >= 15 is 0 Å². The molecule has 0 spiro atoms. The van der Waals surface area contributed by atoms with Crippen LogP contribution in [0.3, 0.4) is 0 Å². The summed E-state index contributed by atoms with van der Waals surface area (Å²) in [5.41, 5.74) is 10.4. The smallest absolute Gasteiger partial charge is 0.258 e. The standard InChI is InChI=1S/C24H19N5O/c1-28(21-12-10-18(11-13-21)17-6-3-2-4-7-17)24(30)19-8-5-9-22(14-19)29-23(26)20(15-25)16-27-29/h2-14,16H,26H2,1H3. The summed E-state index contributed by atoms with van der Waals surface area (Å²) < 4.78 is 1.45. The van der Waals surface area contributed by atoms with Crippen molar-refractivity contribution < 1.29 is 4.79 Å². The second kappa shape index (κ2) is 7.94. The fourth-order valence-corrected chi connectivity index (χ4v) is 3.24.